The van der Waals surface area contributed by atoms with Gasteiger partial charge in [0.15, 0.2) is 5.96 Å². The van der Waals surface area contributed by atoms with Crippen molar-refractivity contribution in [2.45, 2.75) is 38.6 Å². The lowest BCUT2D eigenvalue weighted by atomic mass is 9.65. The number of nitrogens with one attached hydrogen (secondary N) is 2. The Bertz CT molecular complexity index is 458. The number of nitrogens with zero attached hydrogens (tertiary/aromatic N) is 1. The van der Waals surface area contributed by atoms with Gasteiger partial charge in [-0.25, -0.2) is 0 Å². The minimum Gasteiger partial charge on any atom is -0.356 e. The van der Waals surface area contributed by atoms with Crippen molar-refractivity contribution in [1.29, 1.82) is 0 Å². The first kappa shape index (κ1) is 13.5. The molecule has 108 valence electrons. The van der Waals surface area contributed by atoms with E-state index in [4.69, 9.17) is 0 Å². The molecule has 0 bridgehead atoms. The Morgan fingerprint density at radius 2 is 1.95 bits per heavy atom. The summed E-state index contributed by atoms with van der Waals surface area (Å²) in [5, 5.41) is 6.95. The third kappa shape index (κ3) is 2.97. The molecular formula is C17H25N3. The van der Waals surface area contributed by atoms with Crippen molar-refractivity contribution in [2.24, 2.45) is 16.3 Å². The highest BCUT2D eigenvalue weighted by atomic mass is 15.2. The number of aliphatic imine (C=N–C) groups is 1. The molecule has 0 unspecified atom stereocenters. The molecule has 0 heterocycles. The van der Waals surface area contributed by atoms with E-state index >= 15 is 0 Å². The number of hydrogen-bond acceptors (Lipinski definition) is 1. The second kappa shape index (κ2) is 5.86. The van der Waals surface area contributed by atoms with Gasteiger partial charge in [-0.2, -0.15) is 0 Å². The molecule has 2 N–H and O–H groups in total. The number of benzene rings is 1. The Hall–Kier alpha value is -1.51. The standard InChI is InChI=1S/C17H25N3/c1-18-16(19-12-14-6-3-2-4-7-14)20-13-17(10-5-11-17)15-8-9-15/h2-4,6-7,15H,5,8-13H2,1H3,(H2,18,19,20). The molecule has 2 fully saturated rings. The normalized spacial score (nSPS) is 21.1. The predicted octanol–water partition coefficient (Wildman–Crippen LogP) is 2.93. The van der Waals surface area contributed by atoms with Crippen LogP contribution in [0.1, 0.15) is 37.7 Å². The van der Waals surface area contributed by atoms with Gasteiger partial charge in [0.25, 0.3) is 0 Å². The summed E-state index contributed by atoms with van der Waals surface area (Å²) in [5.41, 5.74) is 1.88. The van der Waals surface area contributed by atoms with Crippen LogP contribution in [0.25, 0.3) is 0 Å². The number of guanidine groups is 1. The summed E-state index contributed by atoms with van der Waals surface area (Å²) in [6.45, 7) is 1.92. The van der Waals surface area contributed by atoms with Gasteiger partial charge in [-0.1, -0.05) is 36.8 Å². The van der Waals surface area contributed by atoms with E-state index in [9.17, 15) is 0 Å². The molecule has 2 aliphatic carbocycles. The molecule has 3 rings (SSSR count). The van der Waals surface area contributed by atoms with Crippen LogP contribution >= 0.6 is 0 Å². The maximum Gasteiger partial charge on any atom is 0.191 e. The highest BCUT2D eigenvalue weighted by Gasteiger charge is 2.48. The van der Waals surface area contributed by atoms with E-state index in [0.717, 1.165) is 25.0 Å². The third-order valence-corrected chi connectivity index (χ3v) is 4.93. The summed E-state index contributed by atoms with van der Waals surface area (Å²) in [6, 6.07) is 10.5. The Balaban J connectivity index is 1.48. The Kier molecular flexibility index (Phi) is 3.95. The van der Waals surface area contributed by atoms with Crippen LogP contribution in [0, 0.1) is 11.3 Å². The Morgan fingerprint density at radius 1 is 1.20 bits per heavy atom. The summed E-state index contributed by atoms with van der Waals surface area (Å²) in [5.74, 6) is 1.91. The highest BCUT2D eigenvalue weighted by Crippen LogP contribution is 2.56. The van der Waals surface area contributed by atoms with Crippen molar-refractivity contribution >= 4 is 5.96 Å². The fraction of sp³-hybridized carbons (Fsp3) is 0.588. The molecule has 0 radical (unpaired) electrons. The molecule has 3 nitrogen and oxygen atoms in total. The molecule has 0 spiro atoms. The second-order valence-corrected chi connectivity index (χ2v) is 6.26. The van der Waals surface area contributed by atoms with Crippen molar-refractivity contribution in [1.82, 2.24) is 10.6 Å². The SMILES string of the molecule is CN=C(NCc1ccccc1)NCC1(C2CC2)CCC1. The van der Waals surface area contributed by atoms with Gasteiger partial charge in [0, 0.05) is 20.1 Å². The zero-order chi connectivity index (χ0) is 13.8. The maximum atomic E-state index is 4.34. The highest BCUT2D eigenvalue weighted by molar-refractivity contribution is 5.79. The minimum absolute atomic E-state index is 0.588. The first-order valence-electron chi connectivity index (χ1n) is 7.81. The summed E-state index contributed by atoms with van der Waals surface area (Å²) in [6.07, 6.45) is 7.10. The van der Waals surface area contributed by atoms with Crippen LogP contribution in [0.2, 0.25) is 0 Å². The minimum atomic E-state index is 0.588. The summed E-state index contributed by atoms with van der Waals surface area (Å²) in [7, 11) is 1.85. The van der Waals surface area contributed by atoms with E-state index in [1.165, 1.54) is 37.7 Å². The van der Waals surface area contributed by atoms with E-state index in [1.54, 1.807) is 0 Å². The summed E-state index contributed by atoms with van der Waals surface area (Å²) >= 11 is 0. The average Bonchev–Trinajstić information content (AvgIpc) is 3.27. The first-order chi connectivity index (χ1) is 9.82. The predicted molar refractivity (Wildman–Crippen MR) is 83.7 cm³/mol. The van der Waals surface area contributed by atoms with Crippen molar-refractivity contribution in [2.75, 3.05) is 13.6 Å². The number of hydrogen-bond donors (Lipinski definition) is 2. The van der Waals surface area contributed by atoms with Crippen molar-refractivity contribution in [3.05, 3.63) is 35.9 Å². The van der Waals surface area contributed by atoms with Gasteiger partial charge < -0.3 is 10.6 Å². The van der Waals surface area contributed by atoms with E-state index in [1.807, 2.05) is 13.1 Å². The number of rotatable bonds is 5. The average molecular weight is 271 g/mol. The molecule has 0 atom stereocenters. The van der Waals surface area contributed by atoms with Gasteiger partial charge in [-0.05, 0) is 42.6 Å². The largest absolute Gasteiger partial charge is 0.356 e. The second-order valence-electron chi connectivity index (χ2n) is 6.26. The van der Waals surface area contributed by atoms with Gasteiger partial charge in [0.05, 0.1) is 0 Å². The van der Waals surface area contributed by atoms with Crippen LogP contribution < -0.4 is 10.6 Å². The molecule has 0 aliphatic heterocycles. The van der Waals surface area contributed by atoms with Gasteiger partial charge >= 0.3 is 0 Å². The van der Waals surface area contributed by atoms with E-state index in [0.29, 0.717) is 5.41 Å². The van der Waals surface area contributed by atoms with Crippen LogP contribution in [0.4, 0.5) is 0 Å². The lowest BCUT2D eigenvalue weighted by Crippen LogP contribution is -2.47. The summed E-state index contributed by atoms with van der Waals surface area (Å²) in [4.78, 5) is 4.34. The lowest BCUT2D eigenvalue weighted by molar-refractivity contribution is 0.106. The first-order valence-corrected chi connectivity index (χ1v) is 7.81. The van der Waals surface area contributed by atoms with Crippen LogP contribution in [-0.2, 0) is 6.54 Å². The topological polar surface area (TPSA) is 36.4 Å². The van der Waals surface area contributed by atoms with Gasteiger partial charge in [-0.3, -0.25) is 4.99 Å². The molecule has 2 aliphatic rings. The van der Waals surface area contributed by atoms with E-state index < -0.39 is 0 Å². The van der Waals surface area contributed by atoms with Crippen molar-refractivity contribution < 1.29 is 0 Å². The molecule has 1 aromatic rings. The van der Waals surface area contributed by atoms with E-state index in [2.05, 4.69) is 39.9 Å². The maximum absolute atomic E-state index is 4.34. The van der Waals surface area contributed by atoms with Crippen molar-refractivity contribution in [3.8, 4) is 0 Å². The van der Waals surface area contributed by atoms with Crippen molar-refractivity contribution in [3.63, 3.8) is 0 Å². The smallest absolute Gasteiger partial charge is 0.191 e. The van der Waals surface area contributed by atoms with Gasteiger partial charge in [0.1, 0.15) is 0 Å². The lowest BCUT2D eigenvalue weighted by Gasteiger charge is -2.43. The molecule has 3 heteroatoms. The van der Waals surface area contributed by atoms with Crippen LogP contribution in [-0.4, -0.2) is 19.6 Å². The zero-order valence-electron chi connectivity index (χ0n) is 12.4. The Morgan fingerprint density at radius 3 is 2.50 bits per heavy atom. The zero-order valence-corrected chi connectivity index (χ0v) is 12.4. The summed E-state index contributed by atoms with van der Waals surface area (Å²) < 4.78 is 0. The van der Waals surface area contributed by atoms with E-state index in [-0.39, 0.29) is 0 Å². The molecule has 20 heavy (non-hydrogen) atoms. The van der Waals surface area contributed by atoms with Crippen LogP contribution in [0.15, 0.2) is 35.3 Å². The van der Waals surface area contributed by atoms with Gasteiger partial charge in [-0.15, -0.1) is 0 Å². The quantitative estimate of drug-likeness (QED) is 0.638. The molecular weight excluding hydrogens is 246 g/mol. The molecule has 2 saturated carbocycles. The fourth-order valence-corrected chi connectivity index (χ4v) is 3.32. The fourth-order valence-electron chi connectivity index (χ4n) is 3.32. The molecule has 0 aromatic heterocycles. The van der Waals surface area contributed by atoms with Gasteiger partial charge in [0.2, 0.25) is 0 Å². The van der Waals surface area contributed by atoms with Crippen LogP contribution in [0.5, 0.6) is 0 Å². The molecule has 0 saturated heterocycles. The monoisotopic (exact) mass is 271 g/mol. The third-order valence-electron chi connectivity index (χ3n) is 4.93. The molecule has 0 amide bonds. The molecule has 1 aromatic carbocycles. The van der Waals surface area contributed by atoms with Crippen LogP contribution in [0.3, 0.4) is 0 Å². The Labute approximate surface area is 121 Å².